The van der Waals surface area contributed by atoms with Crippen molar-refractivity contribution in [3.05, 3.63) is 17.5 Å². The van der Waals surface area contributed by atoms with Gasteiger partial charge in [-0.3, -0.25) is 9.48 Å². The molecule has 2 N–H and O–H groups in total. The van der Waals surface area contributed by atoms with Crippen molar-refractivity contribution in [2.75, 3.05) is 0 Å². The summed E-state index contributed by atoms with van der Waals surface area (Å²) in [5, 5.41) is 18.6. The summed E-state index contributed by atoms with van der Waals surface area (Å²) in [6.45, 7) is 10.6. The van der Waals surface area contributed by atoms with Crippen molar-refractivity contribution in [1.29, 1.82) is 0 Å². The van der Waals surface area contributed by atoms with E-state index in [1.165, 1.54) is 0 Å². The monoisotopic (exact) mass is 359 g/mol. The van der Waals surface area contributed by atoms with Crippen molar-refractivity contribution in [2.24, 2.45) is 17.8 Å². The van der Waals surface area contributed by atoms with E-state index in [1.54, 1.807) is 6.20 Å². The van der Waals surface area contributed by atoms with Crippen LogP contribution in [0.15, 0.2) is 6.20 Å². The van der Waals surface area contributed by atoms with Crippen LogP contribution in [0, 0.1) is 17.8 Å². The van der Waals surface area contributed by atoms with Gasteiger partial charge in [-0.1, -0.05) is 13.8 Å². The molecule has 5 rings (SSSR count). The van der Waals surface area contributed by atoms with Gasteiger partial charge >= 0.3 is 0 Å². The van der Waals surface area contributed by atoms with Crippen LogP contribution in [-0.4, -0.2) is 32.4 Å². The van der Waals surface area contributed by atoms with Crippen molar-refractivity contribution < 1.29 is 9.90 Å². The Morgan fingerprint density at radius 3 is 2.38 bits per heavy atom. The highest BCUT2D eigenvalue weighted by Crippen LogP contribution is 2.55. The van der Waals surface area contributed by atoms with E-state index in [-0.39, 0.29) is 23.4 Å². The third-order valence-electron chi connectivity index (χ3n) is 6.77. The van der Waals surface area contributed by atoms with Gasteiger partial charge in [0.2, 0.25) is 0 Å². The number of hydrogen-bond donors (Lipinski definition) is 2. The highest BCUT2D eigenvalue weighted by Gasteiger charge is 2.55. The maximum atomic E-state index is 13.2. The Balaban J connectivity index is 1.57. The average molecular weight is 360 g/mol. The fourth-order valence-corrected chi connectivity index (χ4v) is 6.07. The third-order valence-corrected chi connectivity index (χ3v) is 6.77. The van der Waals surface area contributed by atoms with Crippen LogP contribution in [0.2, 0.25) is 0 Å². The lowest BCUT2D eigenvalue weighted by atomic mass is 9.52. The van der Waals surface area contributed by atoms with E-state index in [4.69, 9.17) is 0 Å². The molecule has 1 aromatic heterocycles. The molecular weight excluding hydrogens is 326 g/mol. The van der Waals surface area contributed by atoms with Gasteiger partial charge in [-0.05, 0) is 76.5 Å². The Morgan fingerprint density at radius 2 is 1.88 bits per heavy atom. The number of nitrogens with zero attached hydrogens (tertiary/aromatic N) is 2. The van der Waals surface area contributed by atoms with Crippen LogP contribution in [0.4, 0.5) is 0 Å². The molecule has 26 heavy (non-hydrogen) atoms. The average Bonchev–Trinajstić information content (AvgIpc) is 2.94. The molecule has 1 heterocycles. The Morgan fingerprint density at radius 1 is 1.27 bits per heavy atom. The third kappa shape index (κ3) is 2.88. The summed E-state index contributed by atoms with van der Waals surface area (Å²) in [5.41, 5.74) is 1.11. The molecule has 5 atom stereocenters. The van der Waals surface area contributed by atoms with E-state index in [0.717, 1.165) is 37.8 Å². The second kappa shape index (κ2) is 5.82. The summed E-state index contributed by atoms with van der Waals surface area (Å²) in [6.07, 6.45) is 6.71. The molecule has 4 aliphatic rings. The lowest BCUT2D eigenvalue weighted by molar-refractivity contribution is -0.136. The second-order valence-electron chi connectivity index (χ2n) is 10.4. The number of hydrogen-bond acceptors (Lipinski definition) is 3. The molecule has 0 aromatic carbocycles. The summed E-state index contributed by atoms with van der Waals surface area (Å²) in [6, 6.07) is 0.206. The van der Waals surface area contributed by atoms with Crippen molar-refractivity contribution in [1.82, 2.24) is 15.1 Å². The first kappa shape index (κ1) is 18.0. The minimum atomic E-state index is -0.460. The highest BCUT2D eigenvalue weighted by atomic mass is 16.3. The van der Waals surface area contributed by atoms with Crippen molar-refractivity contribution in [2.45, 2.75) is 89.8 Å². The SMILES string of the molecule is CC(C)c1c(C(=O)NC2[C@@H]3CC4C[C@H]2CC(O)(C4)C3)cnn1C(C)(C)C. The summed E-state index contributed by atoms with van der Waals surface area (Å²) < 4.78 is 1.99. The molecule has 5 nitrogen and oxygen atoms in total. The lowest BCUT2D eigenvalue weighted by Gasteiger charge is -2.58. The predicted molar refractivity (Wildman–Crippen MR) is 101 cm³/mol. The molecule has 1 aromatic rings. The number of rotatable bonds is 3. The fraction of sp³-hybridized carbons (Fsp3) is 0.810. The largest absolute Gasteiger partial charge is 0.390 e. The van der Waals surface area contributed by atoms with Crippen LogP contribution in [0.3, 0.4) is 0 Å². The van der Waals surface area contributed by atoms with Crippen molar-refractivity contribution in [3.63, 3.8) is 0 Å². The van der Waals surface area contributed by atoms with Crippen LogP contribution in [0.25, 0.3) is 0 Å². The van der Waals surface area contributed by atoms with Gasteiger partial charge in [-0.25, -0.2) is 0 Å². The molecule has 4 bridgehead atoms. The van der Waals surface area contributed by atoms with Gasteiger partial charge in [0.05, 0.1) is 28.6 Å². The molecule has 3 unspecified atom stereocenters. The molecule has 4 aliphatic carbocycles. The quantitative estimate of drug-likeness (QED) is 0.869. The molecule has 4 fully saturated rings. The molecule has 144 valence electrons. The van der Waals surface area contributed by atoms with E-state index < -0.39 is 5.60 Å². The number of carbonyl (C=O) groups excluding carboxylic acids is 1. The summed E-state index contributed by atoms with van der Waals surface area (Å²) in [4.78, 5) is 13.2. The zero-order valence-electron chi connectivity index (χ0n) is 16.7. The van der Waals surface area contributed by atoms with Crippen molar-refractivity contribution in [3.8, 4) is 0 Å². The van der Waals surface area contributed by atoms with Gasteiger partial charge < -0.3 is 10.4 Å². The first-order valence-corrected chi connectivity index (χ1v) is 10.2. The minimum Gasteiger partial charge on any atom is -0.390 e. The molecule has 0 aliphatic heterocycles. The summed E-state index contributed by atoms with van der Waals surface area (Å²) in [5.74, 6) is 1.75. The van der Waals surface area contributed by atoms with E-state index in [2.05, 4.69) is 45.0 Å². The summed E-state index contributed by atoms with van der Waals surface area (Å²) in [7, 11) is 0. The van der Waals surface area contributed by atoms with Gasteiger partial charge in [0.15, 0.2) is 0 Å². The number of aromatic nitrogens is 2. The normalized spacial score (nSPS) is 36.0. The number of carbonyl (C=O) groups is 1. The second-order valence-corrected chi connectivity index (χ2v) is 10.4. The van der Waals surface area contributed by atoms with Gasteiger partial charge in [0.25, 0.3) is 5.91 Å². The Hall–Kier alpha value is -1.36. The molecule has 0 radical (unpaired) electrons. The maximum absolute atomic E-state index is 13.2. The Kier molecular flexibility index (Phi) is 4.03. The molecule has 5 heteroatoms. The van der Waals surface area contributed by atoms with Gasteiger partial charge in [0.1, 0.15) is 0 Å². The van der Waals surface area contributed by atoms with E-state index in [0.29, 0.717) is 23.3 Å². The van der Waals surface area contributed by atoms with Gasteiger partial charge in [-0.15, -0.1) is 0 Å². The molecular formula is C21H33N3O2. The smallest absolute Gasteiger partial charge is 0.255 e. The minimum absolute atomic E-state index is 0.00802. The number of amides is 1. The molecule has 0 spiro atoms. The fourth-order valence-electron chi connectivity index (χ4n) is 6.07. The molecule has 4 saturated carbocycles. The standard InChI is InChI=1S/C21H33N3O2/c1-12(2)18-16(11-22-24(18)20(3,4)5)19(25)23-17-14-6-13-7-15(17)10-21(26,8-13)9-14/h11-15,17,26H,6-10H2,1-5H3,(H,23,25)/t13?,14-,15+,17?,21?. The van der Waals surface area contributed by atoms with Crippen LogP contribution in [-0.2, 0) is 5.54 Å². The van der Waals surface area contributed by atoms with Crippen LogP contribution < -0.4 is 5.32 Å². The Labute approximate surface area is 156 Å². The predicted octanol–water partition coefficient (Wildman–Crippen LogP) is 3.43. The van der Waals surface area contributed by atoms with Crippen molar-refractivity contribution >= 4 is 5.91 Å². The summed E-state index contributed by atoms with van der Waals surface area (Å²) >= 11 is 0. The molecule has 0 saturated heterocycles. The van der Waals surface area contributed by atoms with Gasteiger partial charge in [0, 0.05) is 6.04 Å². The zero-order valence-corrected chi connectivity index (χ0v) is 16.7. The van der Waals surface area contributed by atoms with E-state index in [9.17, 15) is 9.90 Å². The molecule has 1 amide bonds. The lowest BCUT2D eigenvalue weighted by Crippen LogP contribution is -2.61. The van der Waals surface area contributed by atoms with E-state index in [1.807, 2.05) is 4.68 Å². The Bertz CT molecular complexity index is 699. The van der Waals surface area contributed by atoms with Crippen LogP contribution in [0.5, 0.6) is 0 Å². The maximum Gasteiger partial charge on any atom is 0.255 e. The number of aliphatic hydroxyl groups is 1. The van der Waals surface area contributed by atoms with Crippen LogP contribution >= 0.6 is 0 Å². The zero-order chi connectivity index (χ0) is 18.9. The first-order valence-electron chi connectivity index (χ1n) is 10.2. The first-order chi connectivity index (χ1) is 12.1. The van der Waals surface area contributed by atoms with Crippen LogP contribution in [0.1, 0.15) is 88.7 Å². The topological polar surface area (TPSA) is 67.2 Å². The highest BCUT2D eigenvalue weighted by molar-refractivity contribution is 5.95. The van der Waals surface area contributed by atoms with E-state index >= 15 is 0 Å². The number of nitrogens with one attached hydrogen (secondary N) is 1. The van der Waals surface area contributed by atoms with Gasteiger partial charge in [-0.2, -0.15) is 5.10 Å².